The molecule has 0 unspecified atom stereocenters. The summed E-state index contributed by atoms with van der Waals surface area (Å²) in [6.07, 6.45) is 1.90. The van der Waals surface area contributed by atoms with E-state index >= 15 is 0 Å². The zero-order valence-electron chi connectivity index (χ0n) is 9.26. The van der Waals surface area contributed by atoms with E-state index in [1.807, 2.05) is 13.2 Å². The first kappa shape index (κ1) is 12.1. The summed E-state index contributed by atoms with van der Waals surface area (Å²) in [4.78, 5) is 12.7. The minimum absolute atomic E-state index is 0.569. The van der Waals surface area contributed by atoms with Crippen LogP contribution in [-0.4, -0.2) is 31.4 Å². The molecule has 0 bridgehead atoms. The molecule has 17 heavy (non-hydrogen) atoms. The smallest absolute Gasteiger partial charge is 0.214 e. The maximum Gasteiger partial charge on any atom is 0.214 e. The number of aromatic nitrogens is 5. The lowest BCUT2D eigenvalue weighted by Gasteiger charge is -2.03. The van der Waals surface area contributed by atoms with Gasteiger partial charge in [0.15, 0.2) is 5.16 Å². The van der Waals surface area contributed by atoms with Crippen LogP contribution in [0.3, 0.4) is 0 Å². The summed E-state index contributed by atoms with van der Waals surface area (Å²) in [7, 11) is 0. The zero-order valence-corrected chi connectivity index (χ0v) is 10.9. The predicted octanol–water partition coefficient (Wildman–Crippen LogP) is 1.06. The number of nitrogens with zero attached hydrogens (tertiary/aromatic N) is 4. The summed E-state index contributed by atoms with van der Waals surface area (Å²) < 4.78 is 0. The molecule has 7 nitrogen and oxygen atoms in total. The van der Waals surface area contributed by atoms with Gasteiger partial charge in [-0.25, -0.2) is 20.8 Å². The molecule has 2 aromatic heterocycles. The van der Waals surface area contributed by atoms with Crippen LogP contribution < -0.4 is 11.3 Å². The van der Waals surface area contributed by atoms with Crippen molar-refractivity contribution in [3.8, 4) is 0 Å². The third-order valence-electron chi connectivity index (χ3n) is 1.79. The summed E-state index contributed by atoms with van der Waals surface area (Å²) in [5.41, 5.74) is 2.51. The maximum absolute atomic E-state index is 5.34. The molecule has 9 heteroatoms. The number of thioether (sulfide) groups is 1. The molecule has 2 heterocycles. The number of nitrogens with two attached hydrogens (primary N) is 1. The van der Waals surface area contributed by atoms with Crippen LogP contribution in [0.1, 0.15) is 5.82 Å². The second-order valence-electron chi connectivity index (χ2n) is 3.03. The van der Waals surface area contributed by atoms with E-state index in [1.54, 1.807) is 6.07 Å². The minimum Gasteiger partial charge on any atom is -0.308 e. The van der Waals surface area contributed by atoms with Gasteiger partial charge in [0.05, 0.1) is 0 Å². The van der Waals surface area contributed by atoms with Crippen LogP contribution in [0.25, 0.3) is 0 Å². The summed E-state index contributed by atoms with van der Waals surface area (Å²) in [6.45, 7) is 1.84. The highest BCUT2D eigenvalue weighted by Crippen LogP contribution is 2.25. The van der Waals surface area contributed by atoms with Gasteiger partial charge in [-0.05, 0) is 24.9 Å². The van der Waals surface area contributed by atoms with Crippen LogP contribution in [0.5, 0.6) is 0 Å². The number of aryl methyl sites for hydroxylation is 1. The number of hydrazine groups is 1. The monoisotopic (exact) mass is 269 g/mol. The van der Waals surface area contributed by atoms with Crippen molar-refractivity contribution >= 4 is 29.3 Å². The Bertz CT molecular complexity index is 490. The van der Waals surface area contributed by atoms with Gasteiger partial charge in [-0.3, -0.25) is 5.10 Å². The van der Waals surface area contributed by atoms with Crippen LogP contribution in [0.2, 0.25) is 0 Å². The molecule has 0 aromatic carbocycles. The molecule has 0 amide bonds. The topological polar surface area (TPSA) is 105 Å². The van der Waals surface area contributed by atoms with E-state index in [1.165, 1.54) is 23.5 Å². The molecular formula is C8H11N7S2. The Kier molecular flexibility index (Phi) is 3.82. The highest BCUT2D eigenvalue weighted by Gasteiger charge is 2.08. The quantitative estimate of drug-likeness (QED) is 0.249. The van der Waals surface area contributed by atoms with E-state index in [0.29, 0.717) is 16.1 Å². The highest BCUT2D eigenvalue weighted by molar-refractivity contribution is 7.99. The summed E-state index contributed by atoms with van der Waals surface area (Å²) in [6, 6.07) is 1.75. The Morgan fingerprint density at radius 2 is 2.12 bits per heavy atom. The van der Waals surface area contributed by atoms with Crippen molar-refractivity contribution in [2.75, 3.05) is 11.7 Å². The van der Waals surface area contributed by atoms with Gasteiger partial charge in [-0.2, -0.15) is 0 Å². The van der Waals surface area contributed by atoms with Gasteiger partial charge in [0, 0.05) is 6.07 Å². The molecule has 4 N–H and O–H groups in total. The molecule has 0 spiro atoms. The number of aromatic amines is 1. The number of hydrogen-bond acceptors (Lipinski definition) is 8. The van der Waals surface area contributed by atoms with Crippen LogP contribution in [0.4, 0.5) is 5.82 Å². The van der Waals surface area contributed by atoms with E-state index in [-0.39, 0.29) is 0 Å². The maximum atomic E-state index is 5.34. The van der Waals surface area contributed by atoms with Crippen LogP contribution in [0.15, 0.2) is 21.4 Å². The van der Waals surface area contributed by atoms with Crippen molar-refractivity contribution in [3.63, 3.8) is 0 Å². The van der Waals surface area contributed by atoms with Crippen molar-refractivity contribution < 1.29 is 0 Å². The first-order valence-electron chi connectivity index (χ1n) is 4.68. The second kappa shape index (κ2) is 5.34. The Balaban J connectivity index is 2.25. The molecule has 0 saturated heterocycles. The first-order valence-corrected chi connectivity index (χ1v) is 6.72. The van der Waals surface area contributed by atoms with Gasteiger partial charge >= 0.3 is 0 Å². The number of nitrogen functional groups attached to an aromatic ring is 1. The number of H-pyrrole nitrogens is 1. The van der Waals surface area contributed by atoms with Gasteiger partial charge in [-0.1, -0.05) is 11.8 Å². The Hall–Kier alpha value is -1.32. The number of hydrogen-bond donors (Lipinski definition) is 3. The SMILES string of the molecule is CSc1nc(NN)cc(Sc2n[nH]c(C)n2)n1. The fraction of sp³-hybridized carbons (Fsp3) is 0.250. The first-order chi connectivity index (χ1) is 8.21. The van der Waals surface area contributed by atoms with E-state index < -0.39 is 0 Å². The number of rotatable bonds is 4. The van der Waals surface area contributed by atoms with E-state index in [0.717, 1.165) is 10.9 Å². The average molecular weight is 269 g/mol. The minimum atomic E-state index is 0.569. The van der Waals surface area contributed by atoms with Crippen molar-refractivity contribution in [3.05, 3.63) is 11.9 Å². The highest BCUT2D eigenvalue weighted by atomic mass is 32.2. The summed E-state index contributed by atoms with van der Waals surface area (Å²) in [5.74, 6) is 6.68. The molecule has 0 radical (unpaired) electrons. The van der Waals surface area contributed by atoms with E-state index in [9.17, 15) is 0 Å². The molecule has 0 fully saturated rings. The molecule has 0 saturated carbocycles. The average Bonchev–Trinajstić information content (AvgIpc) is 2.74. The van der Waals surface area contributed by atoms with Crippen molar-refractivity contribution in [2.45, 2.75) is 22.3 Å². The molecule has 0 aliphatic carbocycles. The molecular weight excluding hydrogens is 258 g/mol. The van der Waals surface area contributed by atoms with Crippen molar-refractivity contribution in [1.29, 1.82) is 0 Å². The Morgan fingerprint density at radius 1 is 1.29 bits per heavy atom. The summed E-state index contributed by atoms with van der Waals surface area (Å²) >= 11 is 2.80. The lowest BCUT2D eigenvalue weighted by molar-refractivity contribution is 0.886. The fourth-order valence-corrected chi connectivity index (χ4v) is 2.28. The van der Waals surface area contributed by atoms with Gasteiger partial charge in [-0.15, -0.1) is 5.10 Å². The molecule has 2 aromatic rings. The van der Waals surface area contributed by atoms with Crippen LogP contribution in [0, 0.1) is 6.92 Å². The second-order valence-corrected chi connectivity index (χ2v) is 4.79. The van der Waals surface area contributed by atoms with Crippen molar-refractivity contribution in [2.24, 2.45) is 5.84 Å². The van der Waals surface area contributed by atoms with E-state index in [4.69, 9.17) is 5.84 Å². The Morgan fingerprint density at radius 3 is 2.71 bits per heavy atom. The van der Waals surface area contributed by atoms with Gasteiger partial charge < -0.3 is 5.43 Å². The molecule has 0 atom stereocenters. The fourth-order valence-electron chi connectivity index (χ4n) is 1.08. The Labute approximate surface area is 106 Å². The van der Waals surface area contributed by atoms with Gasteiger partial charge in [0.2, 0.25) is 5.16 Å². The van der Waals surface area contributed by atoms with Crippen LogP contribution in [-0.2, 0) is 0 Å². The van der Waals surface area contributed by atoms with Gasteiger partial charge in [0.1, 0.15) is 16.7 Å². The summed E-state index contributed by atoms with van der Waals surface area (Å²) in [5, 5.41) is 8.82. The number of anilines is 1. The molecule has 0 aliphatic heterocycles. The third kappa shape index (κ3) is 3.08. The van der Waals surface area contributed by atoms with Gasteiger partial charge in [0.25, 0.3) is 0 Å². The van der Waals surface area contributed by atoms with Crippen LogP contribution >= 0.6 is 23.5 Å². The standard InChI is InChI=1S/C8H11N7S2/c1-4-10-8(15-14-4)17-6-3-5(13-9)11-7(12-6)16-2/h3H,9H2,1-2H3,(H,10,14,15)(H,11,12,13). The number of nitrogens with one attached hydrogen (secondary N) is 2. The normalized spacial score (nSPS) is 10.5. The largest absolute Gasteiger partial charge is 0.308 e. The van der Waals surface area contributed by atoms with E-state index in [2.05, 4.69) is 30.6 Å². The lowest BCUT2D eigenvalue weighted by atomic mass is 10.6. The molecule has 2 rings (SSSR count). The lowest BCUT2D eigenvalue weighted by Crippen LogP contribution is -2.09. The predicted molar refractivity (Wildman–Crippen MR) is 66.9 cm³/mol. The molecule has 0 aliphatic rings. The third-order valence-corrected chi connectivity index (χ3v) is 3.12. The molecule has 90 valence electrons. The van der Waals surface area contributed by atoms with Crippen molar-refractivity contribution in [1.82, 2.24) is 25.1 Å². The zero-order chi connectivity index (χ0) is 12.3.